The minimum absolute atomic E-state index is 0.0429. The van der Waals surface area contributed by atoms with Crippen LogP contribution >= 0.6 is 11.8 Å². The van der Waals surface area contributed by atoms with Crippen molar-refractivity contribution >= 4 is 28.7 Å². The molecule has 0 unspecified atom stereocenters. The molecule has 0 radical (unpaired) electrons. The molecular weight excluding hydrogens is 502 g/mol. The number of para-hydroxylation sites is 2. The van der Waals surface area contributed by atoms with Crippen molar-refractivity contribution in [2.24, 2.45) is 0 Å². The average molecular weight is 530 g/mol. The first-order valence-corrected chi connectivity index (χ1v) is 13.5. The second kappa shape index (κ2) is 9.97. The van der Waals surface area contributed by atoms with E-state index in [-0.39, 0.29) is 17.6 Å². The molecule has 0 bridgehead atoms. The van der Waals surface area contributed by atoms with Crippen LogP contribution in [-0.2, 0) is 5.75 Å². The zero-order valence-corrected chi connectivity index (χ0v) is 21.9. The molecule has 3 aromatic heterocycles. The first-order chi connectivity index (χ1) is 18.5. The van der Waals surface area contributed by atoms with Crippen LogP contribution < -0.4 is 5.69 Å². The Balaban J connectivity index is 1.09. The van der Waals surface area contributed by atoms with E-state index in [1.807, 2.05) is 59.4 Å². The molecule has 10 nitrogen and oxygen atoms in total. The molecule has 5 aromatic rings. The lowest BCUT2D eigenvalue weighted by Crippen LogP contribution is -2.40. The van der Waals surface area contributed by atoms with E-state index in [1.165, 1.54) is 23.6 Å². The highest BCUT2D eigenvalue weighted by Crippen LogP contribution is 2.27. The van der Waals surface area contributed by atoms with Crippen LogP contribution in [0.2, 0.25) is 0 Å². The van der Waals surface area contributed by atoms with Gasteiger partial charge in [0.15, 0.2) is 10.9 Å². The van der Waals surface area contributed by atoms with Crippen molar-refractivity contribution in [1.82, 2.24) is 34.2 Å². The topological polar surface area (TPSA) is 115 Å². The predicted octanol–water partition coefficient (Wildman–Crippen LogP) is 4.28. The number of carbonyl (C=O) groups excluding carboxylic acids is 1. The molecule has 11 heteroatoms. The van der Waals surface area contributed by atoms with Crippen LogP contribution in [0.4, 0.5) is 0 Å². The van der Waals surface area contributed by atoms with Crippen molar-refractivity contribution in [3.05, 3.63) is 88.3 Å². The number of imidazole rings is 1. The van der Waals surface area contributed by atoms with Gasteiger partial charge in [0.1, 0.15) is 12.1 Å². The number of rotatable bonds is 6. The van der Waals surface area contributed by atoms with Gasteiger partial charge in [-0.15, -0.1) is 10.2 Å². The Morgan fingerprint density at radius 1 is 1.08 bits per heavy atom. The maximum atomic E-state index is 13.1. The fourth-order valence-electron chi connectivity index (χ4n) is 4.96. The molecule has 194 valence electrons. The Kier molecular flexibility index (Phi) is 6.36. The molecule has 0 spiro atoms. The maximum absolute atomic E-state index is 13.1. The quantitative estimate of drug-likeness (QED) is 0.326. The Morgan fingerprint density at radius 3 is 2.63 bits per heavy atom. The van der Waals surface area contributed by atoms with Gasteiger partial charge in [-0.3, -0.25) is 13.9 Å². The van der Waals surface area contributed by atoms with Crippen LogP contribution in [-0.4, -0.2) is 53.2 Å². The fourth-order valence-corrected chi connectivity index (χ4v) is 5.81. The van der Waals surface area contributed by atoms with Crippen molar-refractivity contribution < 1.29 is 9.21 Å². The van der Waals surface area contributed by atoms with Crippen LogP contribution in [0.15, 0.2) is 69.2 Å². The fraction of sp³-hybridized carbons (Fsp3) is 0.296. The molecule has 1 saturated heterocycles. The lowest BCUT2D eigenvalue weighted by Gasteiger charge is -2.32. The number of amides is 1. The van der Waals surface area contributed by atoms with Gasteiger partial charge in [-0.2, -0.15) is 0 Å². The number of fused-ring (bicyclic) bond motifs is 1. The minimum atomic E-state index is -0.159. The van der Waals surface area contributed by atoms with Crippen LogP contribution in [0.25, 0.3) is 16.7 Å². The number of nitrogens with zero attached hydrogens (tertiary/aromatic N) is 6. The number of aryl methyl sites for hydroxylation is 2. The number of nitrogens with one attached hydrogen (secondary N) is 1. The van der Waals surface area contributed by atoms with Gasteiger partial charge in [0.2, 0.25) is 5.89 Å². The molecule has 0 atom stereocenters. The monoisotopic (exact) mass is 529 g/mol. The number of aromatic nitrogens is 6. The highest BCUT2D eigenvalue weighted by atomic mass is 32.2. The Morgan fingerprint density at radius 2 is 1.84 bits per heavy atom. The van der Waals surface area contributed by atoms with E-state index < -0.39 is 0 Å². The molecule has 4 heterocycles. The van der Waals surface area contributed by atoms with Gasteiger partial charge < -0.3 is 14.3 Å². The van der Waals surface area contributed by atoms with Gasteiger partial charge >= 0.3 is 5.69 Å². The number of carbonyl (C=O) groups is 1. The zero-order valence-electron chi connectivity index (χ0n) is 21.1. The van der Waals surface area contributed by atoms with Crippen molar-refractivity contribution in [1.29, 1.82) is 0 Å². The van der Waals surface area contributed by atoms with E-state index in [0.717, 1.165) is 27.7 Å². The largest absolute Gasteiger partial charge is 0.447 e. The average Bonchev–Trinajstić information content (AvgIpc) is 3.64. The van der Waals surface area contributed by atoms with E-state index in [0.29, 0.717) is 43.3 Å². The van der Waals surface area contributed by atoms with E-state index >= 15 is 0 Å². The number of hydrogen-bond acceptors (Lipinski definition) is 7. The highest BCUT2D eigenvalue weighted by molar-refractivity contribution is 7.98. The molecule has 1 N–H and O–H groups in total. The van der Waals surface area contributed by atoms with Crippen LogP contribution in [0, 0.1) is 13.8 Å². The molecule has 1 aliphatic rings. The Bertz CT molecular complexity index is 1660. The van der Waals surface area contributed by atoms with Gasteiger partial charge in [0.05, 0.1) is 16.8 Å². The highest BCUT2D eigenvalue weighted by Gasteiger charge is 2.28. The minimum Gasteiger partial charge on any atom is -0.447 e. The number of thioether (sulfide) groups is 1. The summed E-state index contributed by atoms with van der Waals surface area (Å²) in [4.78, 5) is 34.8. The Labute approximate surface area is 222 Å². The summed E-state index contributed by atoms with van der Waals surface area (Å²) in [7, 11) is 0. The number of oxazole rings is 1. The maximum Gasteiger partial charge on any atom is 0.326 e. The third-order valence-electron chi connectivity index (χ3n) is 6.92. The van der Waals surface area contributed by atoms with Crippen LogP contribution in [0.5, 0.6) is 0 Å². The van der Waals surface area contributed by atoms with Gasteiger partial charge in [0, 0.05) is 24.8 Å². The van der Waals surface area contributed by atoms with E-state index in [1.54, 1.807) is 4.90 Å². The Hall–Kier alpha value is -4.12. The first-order valence-electron chi connectivity index (χ1n) is 12.5. The second-order valence-electron chi connectivity index (χ2n) is 9.46. The normalized spacial score (nSPS) is 14.4. The first kappa shape index (κ1) is 24.2. The molecule has 38 heavy (non-hydrogen) atoms. The number of piperidine rings is 1. The lowest BCUT2D eigenvalue weighted by molar-refractivity contribution is 0.0689. The second-order valence-corrected chi connectivity index (χ2v) is 10.4. The van der Waals surface area contributed by atoms with E-state index in [9.17, 15) is 9.59 Å². The van der Waals surface area contributed by atoms with Crippen LogP contribution in [0.3, 0.4) is 0 Å². The smallest absolute Gasteiger partial charge is 0.326 e. The standard InChI is InChI=1S/C27H27N7O3S/c1-17-7-9-19(10-8-17)33-18(2)30-31-27(33)38-16-24-28-22(15-37-24)25(35)32-13-11-20(12-14-32)34-23-6-4-3-5-21(23)29-26(34)36/h3-10,15,20H,11-14,16H2,1-2H3,(H,29,36). The summed E-state index contributed by atoms with van der Waals surface area (Å²) >= 11 is 1.45. The summed E-state index contributed by atoms with van der Waals surface area (Å²) in [6.45, 7) is 5.06. The summed E-state index contributed by atoms with van der Waals surface area (Å²) < 4.78 is 9.43. The third kappa shape index (κ3) is 4.53. The molecule has 1 amide bonds. The van der Waals surface area contributed by atoms with Crippen molar-refractivity contribution in [3.63, 3.8) is 0 Å². The predicted molar refractivity (Wildman–Crippen MR) is 144 cm³/mol. The molecule has 1 aliphatic heterocycles. The van der Waals surface area contributed by atoms with Gasteiger partial charge in [0.25, 0.3) is 5.91 Å². The summed E-state index contributed by atoms with van der Waals surface area (Å²) in [5, 5.41) is 9.26. The molecule has 2 aromatic carbocycles. The van der Waals surface area contributed by atoms with Crippen molar-refractivity contribution in [2.45, 2.75) is 43.6 Å². The summed E-state index contributed by atoms with van der Waals surface area (Å²) in [6, 6.07) is 15.9. The van der Waals surface area contributed by atoms with E-state index in [2.05, 4.69) is 32.3 Å². The summed E-state index contributed by atoms with van der Waals surface area (Å²) in [5.74, 6) is 1.50. The van der Waals surface area contributed by atoms with Crippen LogP contribution in [0.1, 0.15) is 46.7 Å². The molecule has 1 fully saturated rings. The van der Waals surface area contributed by atoms with E-state index in [4.69, 9.17) is 4.42 Å². The SMILES string of the molecule is Cc1ccc(-n2c(C)nnc2SCc2nc(C(=O)N3CCC(n4c(=O)[nH]c5ccccc54)CC3)co2)cc1. The molecule has 6 rings (SSSR count). The van der Waals surface area contributed by atoms with Crippen molar-refractivity contribution in [3.8, 4) is 5.69 Å². The van der Waals surface area contributed by atoms with Gasteiger partial charge in [-0.1, -0.05) is 41.6 Å². The third-order valence-corrected chi connectivity index (χ3v) is 7.84. The molecule has 0 saturated carbocycles. The number of hydrogen-bond donors (Lipinski definition) is 1. The number of H-pyrrole nitrogens is 1. The number of aromatic amines is 1. The summed E-state index contributed by atoms with van der Waals surface area (Å²) in [6.07, 6.45) is 2.81. The van der Waals surface area contributed by atoms with Gasteiger partial charge in [-0.25, -0.2) is 9.78 Å². The lowest BCUT2D eigenvalue weighted by atomic mass is 10.0. The van der Waals surface area contributed by atoms with Crippen molar-refractivity contribution in [2.75, 3.05) is 13.1 Å². The molecule has 0 aliphatic carbocycles. The number of likely N-dealkylation sites (tertiary alicyclic amines) is 1. The molecular formula is C27H27N7O3S. The number of benzene rings is 2. The van der Waals surface area contributed by atoms with Gasteiger partial charge in [-0.05, 0) is 51.0 Å². The zero-order chi connectivity index (χ0) is 26.2. The summed E-state index contributed by atoms with van der Waals surface area (Å²) in [5.41, 5.74) is 4.08.